The maximum Gasteiger partial charge on any atom is 0.227 e. The number of ether oxygens (including phenoxy) is 1. The van der Waals surface area contributed by atoms with Crippen molar-refractivity contribution in [1.82, 2.24) is 14.8 Å². The molecule has 6 heteroatoms. The van der Waals surface area contributed by atoms with E-state index in [1.165, 1.54) is 23.8 Å². The van der Waals surface area contributed by atoms with Gasteiger partial charge in [-0.2, -0.15) is 0 Å². The molecule has 1 aliphatic carbocycles. The molecule has 4 rings (SSSR count). The zero-order valence-electron chi connectivity index (χ0n) is 12.2. The van der Waals surface area contributed by atoms with Gasteiger partial charge < -0.3 is 10.5 Å². The van der Waals surface area contributed by atoms with E-state index < -0.39 is 0 Å². The van der Waals surface area contributed by atoms with Crippen molar-refractivity contribution in [3.63, 3.8) is 0 Å². The molecule has 1 aromatic heterocycles. The predicted octanol–water partition coefficient (Wildman–Crippen LogP) is 3.18. The van der Waals surface area contributed by atoms with Crippen molar-refractivity contribution >= 4 is 29.3 Å². The van der Waals surface area contributed by atoms with Crippen LogP contribution in [0.15, 0.2) is 35.5 Å². The molecule has 1 heterocycles. The van der Waals surface area contributed by atoms with E-state index in [-0.39, 0.29) is 0 Å². The largest absolute Gasteiger partial charge is 0.497 e. The van der Waals surface area contributed by atoms with Gasteiger partial charge >= 0.3 is 0 Å². The van der Waals surface area contributed by atoms with Crippen LogP contribution >= 0.6 is 12.6 Å². The Kier molecular flexibility index (Phi) is 3.00. The van der Waals surface area contributed by atoms with E-state index in [1.807, 2.05) is 12.1 Å². The number of nitrogen functional groups attached to an aromatic ring is 1. The Labute approximate surface area is 133 Å². The van der Waals surface area contributed by atoms with Gasteiger partial charge in [0.05, 0.1) is 12.8 Å². The molecule has 1 aliphatic rings. The maximum atomic E-state index is 5.95. The first-order valence-electron chi connectivity index (χ1n) is 7.20. The smallest absolute Gasteiger partial charge is 0.227 e. The topological polar surface area (TPSA) is 66.0 Å². The summed E-state index contributed by atoms with van der Waals surface area (Å²) in [6, 6.07) is 10.4. The summed E-state index contributed by atoms with van der Waals surface area (Å²) in [6.07, 6.45) is 2.51. The zero-order valence-corrected chi connectivity index (χ0v) is 13.0. The van der Waals surface area contributed by atoms with Gasteiger partial charge in [0.25, 0.3) is 0 Å². The van der Waals surface area contributed by atoms with Crippen LogP contribution in [0.4, 0.5) is 5.95 Å². The molecular weight excluding hydrogens is 296 g/mol. The second kappa shape index (κ2) is 4.91. The predicted molar refractivity (Wildman–Crippen MR) is 89.1 cm³/mol. The summed E-state index contributed by atoms with van der Waals surface area (Å²) in [7, 11) is 1.67. The number of nitrogens with two attached hydrogens (primary N) is 1. The molecule has 0 aliphatic heterocycles. The number of aromatic nitrogens is 3. The molecule has 22 heavy (non-hydrogen) atoms. The standard InChI is InChI=1S/C16H16N4OS/c1-21-10-4-5-12-11(9-2-3-9)6-7-14(13(12)8-10)20-15(17)18-19-16(20)22/h4-9H,2-3H2,1H3,(H2,17,18)(H,19,22). The number of nitrogens with zero attached hydrogens (tertiary/aromatic N) is 3. The minimum atomic E-state index is 0.327. The van der Waals surface area contributed by atoms with E-state index in [2.05, 4.69) is 41.0 Å². The first-order chi connectivity index (χ1) is 10.7. The van der Waals surface area contributed by atoms with E-state index in [9.17, 15) is 0 Å². The van der Waals surface area contributed by atoms with Crippen molar-refractivity contribution in [2.24, 2.45) is 0 Å². The number of hydrogen-bond donors (Lipinski definition) is 2. The summed E-state index contributed by atoms with van der Waals surface area (Å²) in [4.78, 5) is 0. The minimum Gasteiger partial charge on any atom is -0.497 e. The van der Waals surface area contributed by atoms with Crippen molar-refractivity contribution in [2.75, 3.05) is 12.8 Å². The van der Waals surface area contributed by atoms with Crippen LogP contribution in [-0.4, -0.2) is 21.9 Å². The highest BCUT2D eigenvalue weighted by Gasteiger charge is 2.26. The molecule has 0 saturated heterocycles. The zero-order chi connectivity index (χ0) is 15.3. The third kappa shape index (κ3) is 2.02. The van der Waals surface area contributed by atoms with E-state index >= 15 is 0 Å². The summed E-state index contributed by atoms with van der Waals surface area (Å²) in [6.45, 7) is 0. The molecule has 0 bridgehead atoms. The highest BCUT2D eigenvalue weighted by Crippen LogP contribution is 2.44. The Balaban J connectivity index is 2.04. The second-order valence-electron chi connectivity index (χ2n) is 5.55. The molecule has 2 N–H and O–H groups in total. The molecule has 1 saturated carbocycles. The lowest BCUT2D eigenvalue weighted by Gasteiger charge is -2.14. The number of thiol groups is 1. The Morgan fingerprint density at radius 1 is 1.18 bits per heavy atom. The quantitative estimate of drug-likeness (QED) is 0.729. The van der Waals surface area contributed by atoms with Crippen molar-refractivity contribution < 1.29 is 4.74 Å². The van der Waals surface area contributed by atoms with Crippen LogP contribution < -0.4 is 10.5 Å². The van der Waals surface area contributed by atoms with Crippen molar-refractivity contribution in [1.29, 1.82) is 0 Å². The fourth-order valence-corrected chi connectivity index (χ4v) is 3.18. The molecule has 2 aromatic carbocycles. The minimum absolute atomic E-state index is 0.327. The van der Waals surface area contributed by atoms with Gasteiger partial charge in [0.2, 0.25) is 5.95 Å². The maximum absolute atomic E-state index is 5.95. The summed E-state index contributed by atoms with van der Waals surface area (Å²) >= 11 is 4.36. The highest BCUT2D eigenvalue weighted by atomic mass is 32.1. The highest BCUT2D eigenvalue weighted by molar-refractivity contribution is 7.80. The molecule has 0 radical (unpaired) electrons. The molecule has 112 valence electrons. The molecule has 0 unspecified atom stereocenters. The number of benzene rings is 2. The van der Waals surface area contributed by atoms with E-state index in [0.29, 0.717) is 17.0 Å². The lowest BCUT2D eigenvalue weighted by atomic mass is 9.99. The summed E-state index contributed by atoms with van der Waals surface area (Å²) in [5, 5.41) is 10.6. The number of anilines is 1. The van der Waals surface area contributed by atoms with Crippen LogP contribution in [0, 0.1) is 0 Å². The normalized spacial score (nSPS) is 14.5. The number of rotatable bonds is 3. The lowest BCUT2D eigenvalue weighted by molar-refractivity contribution is 0.415. The van der Waals surface area contributed by atoms with Crippen molar-refractivity contribution in [2.45, 2.75) is 23.9 Å². The number of hydrogen-bond acceptors (Lipinski definition) is 5. The molecular formula is C16H16N4OS. The van der Waals surface area contributed by atoms with E-state index in [0.717, 1.165) is 16.8 Å². The first-order valence-corrected chi connectivity index (χ1v) is 7.64. The van der Waals surface area contributed by atoms with Crippen LogP contribution in [-0.2, 0) is 0 Å². The van der Waals surface area contributed by atoms with Crippen LogP contribution in [0.5, 0.6) is 5.75 Å². The SMILES string of the molecule is COc1ccc2c(C3CC3)ccc(-n3c(N)nnc3S)c2c1. The van der Waals surface area contributed by atoms with Gasteiger partial charge in [-0.1, -0.05) is 12.1 Å². The third-order valence-electron chi connectivity index (χ3n) is 4.16. The Morgan fingerprint density at radius 2 is 2.00 bits per heavy atom. The summed E-state index contributed by atoms with van der Waals surface area (Å²) in [5.41, 5.74) is 8.26. The van der Waals surface area contributed by atoms with Crippen LogP contribution in [0.3, 0.4) is 0 Å². The van der Waals surface area contributed by atoms with E-state index in [4.69, 9.17) is 10.5 Å². The van der Waals surface area contributed by atoms with Gasteiger partial charge in [-0.05, 0) is 47.9 Å². The van der Waals surface area contributed by atoms with Crippen molar-refractivity contribution in [3.05, 3.63) is 35.9 Å². The molecule has 0 spiro atoms. The number of fused-ring (bicyclic) bond motifs is 1. The van der Waals surface area contributed by atoms with Gasteiger partial charge in [0.15, 0.2) is 5.16 Å². The first kappa shape index (κ1) is 13.5. The summed E-state index contributed by atoms with van der Waals surface area (Å²) in [5.74, 6) is 1.81. The molecule has 0 atom stereocenters. The number of methoxy groups -OCH3 is 1. The Bertz CT molecular complexity index is 850. The van der Waals surface area contributed by atoms with Crippen molar-refractivity contribution in [3.8, 4) is 11.4 Å². The van der Waals surface area contributed by atoms with Crippen LogP contribution in [0.25, 0.3) is 16.5 Å². The van der Waals surface area contributed by atoms with E-state index in [1.54, 1.807) is 11.7 Å². The van der Waals surface area contributed by atoms with Gasteiger partial charge in [-0.25, -0.2) is 0 Å². The molecule has 0 amide bonds. The average molecular weight is 312 g/mol. The molecule has 5 nitrogen and oxygen atoms in total. The second-order valence-corrected chi connectivity index (χ2v) is 5.95. The van der Waals surface area contributed by atoms with Gasteiger partial charge in [0.1, 0.15) is 5.75 Å². The van der Waals surface area contributed by atoms with Crippen LogP contribution in [0.2, 0.25) is 0 Å². The lowest BCUT2D eigenvalue weighted by Crippen LogP contribution is -2.03. The molecule has 3 aromatic rings. The van der Waals surface area contributed by atoms with Gasteiger partial charge in [0, 0.05) is 5.39 Å². The van der Waals surface area contributed by atoms with Crippen LogP contribution in [0.1, 0.15) is 24.3 Å². The monoisotopic (exact) mass is 312 g/mol. The average Bonchev–Trinajstić information content (AvgIpc) is 3.32. The molecule has 1 fully saturated rings. The fraction of sp³-hybridized carbons (Fsp3) is 0.250. The Hall–Kier alpha value is -2.21. The summed E-state index contributed by atoms with van der Waals surface area (Å²) < 4.78 is 7.13. The fourth-order valence-electron chi connectivity index (χ4n) is 2.93. The van der Waals surface area contributed by atoms with Gasteiger partial charge in [-0.15, -0.1) is 22.8 Å². The van der Waals surface area contributed by atoms with Gasteiger partial charge in [-0.3, -0.25) is 4.57 Å². The Morgan fingerprint density at radius 3 is 2.64 bits per heavy atom. The third-order valence-corrected chi connectivity index (χ3v) is 4.45.